The molecular formula is C17H15FN5OS+. The average Bonchev–Trinajstić information content (AvgIpc) is 3.10. The van der Waals surface area contributed by atoms with Crippen molar-refractivity contribution in [2.45, 2.75) is 13.1 Å². The highest BCUT2D eigenvalue weighted by atomic mass is 32.1. The molecule has 4 rings (SSSR count). The second kappa shape index (κ2) is 6.14. The summed E-state index contributed by atoms with van der Waals surface area (Å²) in [6, 6.07) is 11.4. The third-order valence-electron chi connectivity index (χ3n) is 3.78. The molecule has 6 nitrogen and oxygen atoms in total. The fourth-order valence-corrected chi connectivity index (χ4v) is 3.45. The van der Waals surface area contributed by atoms with Crippen molar-refractivity contribution in [3.63, 3.8) is 0 Å². The molecule has 2 aromatic heterocycles. The summed E-state index contributed by atoms with van der Waals surface area (Å²) < 4.78 is 14.7. The van der Waals surface area contributed by atoms with Crippen LogP contribution in [0.3, 0.4) is 0 Å². The minimum atomic E-state index is -0.375. The van der Waals surface area contributed by atoms with E-state index in [1.165, 1.54) is 18.2 Å². The first-order valence-electron chi connectivity index (χ1n) is 7.67. The van der Waals surface area contributed by atoms with Gasteiger partial charge in [0, 0.05) is 11.8 Å². The number of hydrogen-bond acceptors (Lipinski definition) is 5. The van der Waals surface area contributed by atoms with Gasteiger partial charge >= 0.3 is 5.96 Å². The SMILES string of the molecule is Cc1cc(=O)n2c(n1)NC(Nc1ccc(F)cc1)=[NH+][C@@H]2c1cccs1. The molecule has 3 heterocycles. The molecule has 1 aliphatic heterocycles. The van der Waals surface area contributed by atoms with Crippen LogP contribution in [0.1, 0.15) is 16.7 Å². The van der Waals surface area contributed by atoms with Gasteiger partial charge in [0.05, 0.1) is 10.6 Å². The van der Waals surface area contributed by atoms with Gasteiger partial charge in [-0.1, -0.05) is 6.07 Å². The number of hydrogen-bond donors (Lipinski definition) is 3. The van der Waals surface area contributed by atoms with Crippen LogP contribution in [0.15, 0.2) is 52.6 Å². The number of nitrogens with zero attached hydrogens (tertiary/aromatic N) is 2. The van der Waals surface area contributed by atoms with Gasteiger partial charge in [-0.2, -0.15) is 0 Å². The molecule has 0 spiro atoms. The topological polar surface area (TPSA) is 72.9 Å². The van der Waals surface area contributed by atoms with Gasteiger partial charge in [-0.3, -0.25) is 9.79 Å². The van der Waals surface area contributed by atoms with Crippen LogP contribution < -0.4 is 21.2 Å². The number of anilines is 2. The highest BCUT2D eigenvalue weighted by Gasteiger charge is 2.29. The van der Waals surface area contributed by atoms with Gasteiger partial charge in [0.15, 0.2) is 6.17 Å². The van der Waals surface area contributed by atoms with Crippen molar-refractivity contribution in [3.8, 4) is 0 Å². The molecule has 1 atom stereocenters. The lowest BCUT2D eigenvalue weighted by Gasteiger charge is -2.22. The molecule has 0 saturated heterocycles. The van der Waals surface area contributed by atoms with Crippen LogP contribution in [0.2, 0.25) is 0 Å². The van der Waals surface area contributed by atoms with E-state index in [0.29, 0.717) is 23.3 Å². The van der Waals surface area contributed by atoms with E-state index in [-0.39, 0.29) is 17.5 Å². The van der Waals surface area contributed by atoms with Crippen molar-refractivity contribution in [3.05, 3.63) is 74.6 Å². The zero-order valence-electron chi connectivity index (χ0n) is 13.3. The fourth-order valence-electron chi connectivity index (χ4n) is 2.68. The summed E-state index contributed by atoms with van der Waals surface area (Å²) in [6.45, 7) is 1.78. The lowest BCUT2D eigenvalue weighted by Crippen LogP contribution is -2.82. The van der Waals surface area contributed by atoms with Crippen molar-refractivity contribution >= 4 is 28.9 Å². The molecule has 0 radical (unpaired) electrons. The smallest absolute Gasteiger partial charge is 0.269 e. The number of thiophene rings is 1. The second-order valence-electron chi connectivity index (χ2n) is 5.62. The summed E-state index contributed by atoms with van der Waals surface area (Å²) in [5.41, 5.74) is 1.21. The first-order valence-corrected chi connectivity index (χ1v) is 8.55. The molecule has 0 aliphatic carbocycles. The Hall–Kier alpha value is -3.00. The van der Waals surface area contributed by atoms with Crippen molar-refractivity contribution < 1.29 is 9.38 Å². The van der Waals surface area contributed by atoms with Crippen LogP contribution in [0.4, 0.5) is 16.0 Å². The van der Waals surface area contributed by atoms with E-state index in [4.69, 9.17) is 0 Å². The summed E-state index contributed by atoms with van der Waals surface area (Å²) in [4.78, 5) is 21.2. The third kappa shape index (κ3) is 3.03. The number of benzene rings is 1. The molecule has 0 bridgehead atoms. The molecule has 1 aromatic carbocycles. The second-order valence-corrected chi connectivity index (χ2v) is 6.60. The Labute approximate surface area is 146 Å². The maximum atomic E-state index is 13.1. The first kappa shape index (κ1) is 15.5. The van der Waals surface area contributed by atoms with Crippen LogP contribution in [-0.2, 0) is 0 Å². The van der Waals surface area contributed by atoms with Crippen molar-refractivity contribution in [2.24, 2.45) is 0 Å². The van der Waals surface area contributed by atoms with Gasteiger partial charge in [-0.05, 0) is 42.6 Å². The number of halogens is 1. The zero-order valence-corrected chi connectivity index (χ0v) is 14.1. The van der Waals surface area contributed by atoms with E-state index < -0.39 is 0 Å². The first-order chi connectivity index (χ1) is 12.1. The lowest BCUT2D eigenvalue weighted by molar-refractivity contribution is -0.519. The summed E-state index contributed by atoms with van der Waals surface area (Å²) in [5.74, 6) is 0.722. The number of aryl methyl sites for hydroxylation is 1. The Morgan fingerprint density at radius 3 is 2.84 bits per heavy atom. The largest absolute Gasteiger partial charge is 0.357 e. The van der Waals surface area contributed by atoms with E-state index in [9.17, 15) is 9.18 Å². The highest BCUT2D eigenvalue weighted by molar-refractivity contribution is 7.10. The summed E-state index contributed by atoms with van der Waals surface area (Å²) in [6.07, 6.45) is -0.375. The van der Waals surface area contributed by atoms with Crippen LogP contribution in [0, 0.1) is 12.7 Å². The van der Waals surface area contributed by atoms with Gasteiger partial charge in [-0.25, -0.2) is 24.6 Å². The highest BCUT2D eigenvalue weighted by Crippen LogP contribution is 2.20. The Balaban J connectivity index is 1.76. The number of fused-ring (bicyclic) bond motifs is 1. The van der Waals surface area contributed by atoms with E-state index >= 15 is 0 Å². The summed E-state index contributed by atoms with van der Waals surface area (Å²) in [5, 5.41) is 8.20. The number of aromatic nitrogens is 2. The van der Waals surface area contributed by atoms with Crippen LogP contribution in [0.25, 0.3) is 0 Å². The van der Waals surface area contributed by atoms with Gasteiger partial charge in [-0.15, -0.1) is 11.3 Å². The Morgan fingerprint density at radius 2 is 2.12 bits per heavy atom. The van der Waals surface area contributed by atoms with E-state index in [2.05, 4.69) is 20.6 Å². The van der Waals surface area contributed by atoms with Gasteiger partial charge < -0.3 is 0 Å². The molecular weight excluding hydrogens is 341 g/mol. The molecule has 0 fully saturated rings. The molecule has 25 heavy (non-hydrogen) atoms. The predicted octanol–water partition coefficient (Wildman–Crippen LogP) is 1.27. The van der Waals surface area contributed by atoms with Gasteiger partial charge in [0.1, 0.15) is 5.82 Å². The van der Waals surface area contributed by atoms with Gasteiger partial charge in [0.25, 0.3) is 11.5 Å². The van der Waals surface area contributed by atoms with Crippen molar-refractivity contribution in [1.82, 2.24) is 9.55 Å². The lowest BCUT2D eigenvalue weighted by atomic mass is 10.3. The maximum Gasteiger partial charge on any atom is 0.357 e. The molecule has 0 saturated carbocycles. The quantitative estimate of drug-likeness (QED) is 0.647. The summed E-state index contributed by atoms with van der Waals surface area (Å²) >= 11 is 1.55. The molecule has 0 amide bonds. The number of rotatable bonds is 2. The van der Waals surface area contributed by atoms with Crippen LogP contribution in [-0.4, -0.2) is 15.5 Å². The molecule has 126 valence electrons. The maximum absolute atomic E-state index is 13.1. The minimum Gasteiger partial charge on any atom is -0.269 e. The predicted molar refractivity (Wildman–Crippen MR) is 95.3 cm³/mol. The minimum absolute atomic E-state index is 0.137. The van der Waals surface area contributed by atoms with Crippen molar-refractivity contribution in [2.75, 3.05) is 10.6 Å². The number of guanidine groups is 1. The Kier molecular flexibility index (Phi) is 3.81. The Bertz CT molecular complexity index is 995. The molecule has 1 aliphatic rings. The van der Waals surface area contributed by atoms with E-state index in [1.54, 1.807) is 35.0 Å². The number of nitrogens with one attached hydrogen (secondary N) is 3. The summed E-state index contributed by atoms with van der Waals surface area (Å²) in [7, 11) is 0. The van der Waals surface area contributed by atoms with Gasteiger partial charge in [0.2, 0.25) is 0 Å². The molecule has 3 N–H and O–H groups in total. The fraction of sp³-hybridized carbons (Fsp3) is 0.118. The molecule has 8 heteroatoms. The third-order valence-corrected chi connectivity index (χ3v) is 4.71. The van der Waals surface area contributed by atoms with Crippen molar-refractivity contribution in [1.29, 1.82) is 0 Å². The van der Waals surface area contributed by atoms with E-state index in [0.717, 1.165) is 4.88 Å². The monoisotopic (exact) mass is 356 g/mol. The van der Waals surface area contributed by atoms with E-state index in [1.807, 2.05) is 17.5 Å². The molecule has 0 unspecified atom stereocenters. The zero-order chi connectivity index (χ0) is 17.4. The molecule has 3 aromatic rings. The van der Waals surface area contributed by atoms with Crippen LogP contribution in [0.5, 0.6) is 0 Å². The normalized spacial score (nSPS) is 15.9. The average molecular weight is 356 g/mol. The standard InChI is InChI=1S/C17H14FN5OS/c1-10-9-14(24)23-15(13-3-2-8-25-13)21-16(22-17(23)19-10)20-12-6-4-11(18)5-7-12/h2-9,15H,1H3,(H2,19,20,21,22)/p+1/t15-/m0/s1. The van der Waals surface area contributed by atoms with Crippen LogP contribution >= 0.6 is 11.3 Å². The Morgan fingerprint density at radius 1 is 1.32 bits per heavy atom.